The quantitative estimate of drug-likeness (QED) is 0.623. The van der Waals surface area contributed by atoms with Crippen molar-refractivity contribution in [2.45, 2.75) is 19.3 Å². The minimum Gasteiger partial charge on any atom is -0.383 e. The molecule has 0 radical (unpaired) electrons. The normalized spacial score (nSPS) is 18.6. The Bertz CT molecular complexity index is 148. The lowest BCUT2D eigenvalue weighted by Gasteiger charge is -2.18. The molecule has 0 aromatic heterocycles. The maximum absolute atomic E-state index is 5.43. The fourth-order valence-electron chi connectivity index (χ4n) is 1.91. The zero-order valence-corrected chi connectivity index (χ0v) is 10.5. The van der Waals surface area contributed by atoms with Crippen LogP contribution >= 0.6 is 0 Å². The average Bonchev–Trinajstić information content (AvgIpc) is 2.56. The van der Waals surface area contributed by atoms with Crippen LogP contribution in [0.5, 0.6) is 0 Å². The fourth-order valence-corrected chi connectivity index (χ4v) is 1.91. The Labute approximate surface area is 99.3 Å². The van der Waals surface area contributed by atoms with Crippen LogP contribution in [-0.4, -0.2) is 64.6 Å². The van der Waals surface area contributed by atoms with E-state index < -0.39 is 0 Å². The third-order valence-corrected chi connectivity index (χ3v) is 2.88. The lowest BCUT2D eigenvalue weighted by molar-refractivity contribution is 0.141. The summed E-state index contributed by atoms with van der Waals surface area (Å²) < 4.78 is 10.4. The molecule has 1 fully saturated rings. The van der Waals surface area contributed by atoms with Crippen LogP contribution in [0.2, 0.25) is 0 Å². The Hall–Kier alpha value is -0.160. The molecule has 0 atom stereocenters. The molecule has 1 N–H and O–H groups in total. The van der Waals surface area contributed by atoms with Crippen molar-refractivity contribution in [3.05, 3.63) is 0 Å². The summed E-state index contributed by atoms with van der Waals surface area (Å²) in [6, 6.07) is 0. The van der Waals surface area contributed by atoms with E-state index in [9.17, 15) is 0 Å². The number of rotatable bonds is 8. The highest BCUT2D eigenvalue weighted by Gasteiger charge is 2.07. The predicted octanol–water partition coefficient (Wildman–Crippen LogP) is 0.725. The van der Waals surface area contributed by atoms with E-state index in [-0.39, 0.29) is 0 Å². The Morgan fingerprint density at radius 1 is 1.19 bits per heavy atom. The van der Waals surface area contributed by atoms with E-state index in [0.717, 1.165) is 39.5 Å². The largest absolute Gasteiger partial charge is 0.383 e. The highest BCUT2D eigenvalue weighted by atomic mass is 16.5. The SMILES string of the molecule is COCCNCCCCN1CCCOCC1. The summed E-state index contributed by atoms with van der Waals surface area (Å²) in [7, 11) is 1.74. The second-order valence-corrected chi connectivity index (χ2v) is 4.26. The first-order valence-electron chi connectivity index (χ1n) is 6.43. The molecule has 1 rings (SSSR count). The Morgan fingerprint density at radius 2 is 2.12 bits per heavy atom. The highest BCUT2D eigenvalue weighted by Crippen LogP contribution is 2.01. The van der Waals surface area contributed by atoms with Crippen LogP contribution in [0.3, 0.4) is 0 Å². The molecule has 0 aromatic carbocycles. The monoisotopic (exact) mass is 230 g/mol. The van der Waals surface area contributed by atoms with Gasteiger partial charge in [-0.3, -0.25) is 0 Å². The number of hydrogen-bond acceptors (Lipinski definition) is 4. The van der Waals surface area contributed by atoms with Gasteiger partial charge < -0.3 is 19.7 Å². The van der Waals surface area contributed by atoms with Crippen molar-refractivity contribution in [3.8, 4) is 0 Å². The van der Waals surface area contributed by atoms with Crippen LogP contribution in [0.4, 0.5) is 0 Å². The molecule has 0 aliphatic carbocycles. The Balaban J connectivity index is 1.86. The highest BCUT2D eigenvalue weighted by molar-refractivity contribution is 4.61. The molecule has 0 aromatic rings. The summed E-state index contributed by atoms with van der Waals surface area (Å²) in [5, 5.41) is 3.37. The van der Waals surface area contributed by atoms with E-state index in [4.69, 9.17) is 9.47 Å². The van der Waals surface area contributed by atoms with Gasteiger partial charge in [0.15, 0.2) is 0 Å². The number of ether oxygens (including phenoxy) is 2. The molecule has 0 unspecified atom stereocenters. The van der Waals surface area contributed by atoms with E-state index in [1.54, 1.807) is 7.11 Å². The fraction of sp³-hybridized carbons (Fsp3) is 1.00. The zero-order valence-electron chi connectivity index (χ0n) is 10.5. The topological polar surface area (TPSA) is 33.7 Å². The molecule has 1 heterocycles. The Morgan fingerprint density at radius 3 is 3.00 bits per heavy atom. The van der Waals surface area contributed by atoms with E-state index in [0.29, 0.717) is 0 Å². The van der Waals surface area contributed by atoms with Gasteiger partial charge in [-0.15, -0.1) is 0 Å². The van der Waals surface area contributed by atoms with Crippen LogP contribution in [0.1, 0.15) is 19.3 Å². The van der Waals surface area contributed by atoms with Crippen molar-refractivity contribution in [1.82, 2.24) is 10.2 Å². The van der Waals surface area contributed by atoms with Gasteiger partial charge in [-0.2, -0.15) is 0 Å². The number of nitrogens with zero attached hydrogens (tertiary/aromatic N) is 1. The van der Waals surface area contributed by atoms with Gasteiger partial charge in [-0.1, -0.05) is 0 Å². The van der Waals surface area contributed by atoms with Gasteiger partial charge in [0.1, 0.15) is 0 Å². The summed E-state index contributed by atoms with van der Waals surface area (Å²) in [6.07, 6.45) is 3.72. The van der Waals surface area contributed by atoms with Gasteiger partial charge in [0.05, 0.1) is 13.2 Å². The lowest BCUT2D eigenvalue weighted by Crippen LogP contribution is -2.28. The van der Waals surface area contributed by atoms with E-state index in [1.807, 2.05) is 0 Å². The summed E-state index contributed by atoms with van der Waals surface area (Å²) in [5.41, 5.74) is 0. The maximum Gasteiger partial charge on any atom is 0.0593 e. The van der Waals surface area contributed by atoms with Crippen molar-refractivity contribution in [1.29, 1.82) is 0 Å². The van der Waals surface area contributed by atoms with E-state index >= 15 is 0 Å². The van der Waals surface area contributed by atoms with Crippen LogP contribution in [0.15, 0.2) is 0 Å². The molecule has 0 bridgehead atoms. The second kappa shape index (κ2) is 10.0. The summed E-state index contributed by atoms with van der Waals surface area (Å²) in [4.78, 5) is 2.52. The van der Waals surface area contributed by atoms with Crippen molar-refractivity contribution in [3.63, 3.8) is 0 Å². The molecule has 0 saturated carbocycles. The molecule has 1 saturated heterocycles. The van der Waals surface area contributed by atoms with Gasteiger partial charge >= 0.3 is 0 Å². The molecule has 4 nitrogen and oxygen atoms in total. The molecule has 1 aliphatic heterocycles. The van der Waals surface area contributed by atoms with Crippen molar-refractivity contribution < 1.29 is 9.47 Å². The van der Waals surface area contributed by atoms with Crippen LogP contribution in [0, 0.1) is 0 Å². The smallest absolute Gasteiger partial charge is 0.0593 e. The Kier molecular flexibility index (Phi) is 8.71. The molecule has 0 spiro atoms. The van der Waals surface area contributed by atoms with Crippen molar-refractivity contribution in [2.24, 2.45) is 0 Å². The van der Waals surface area contributed by atoms with Gasteiger partial charge in [0, 0.05) is 33.4 Å². The first-order valence-corrected chi connectivity index (χ1v) is 6.43. The number of nitrogens with one attached hydrogen (secondary N) is 1. The van der Waals surface area contributed by atoms with Crippen LogP contribution < -0.4 is 5.32 Å². The van der Waals surface area contributed by atoms with E-state index in [2.05, 4.69) is 10.2 Å². The summed E-state index contributed by atoms with van der Waals surface area (Å²) in [5.74, 6) is 0. The average molecular weight is 230 g/mol. The van der Waals surface area contributed by atoms with Crippen molar-refractivity contribution in [2.75, 3.05) is 59.7 Å². The van der Waals surface area contributed by atoms with Crippen LogP contribution in [0.25, 0.3) is 0 Å². The first kappa shape index (κ1) is 13.9. The second-order valence-electron chi connectivity index (χ2n) is 4.26. The third kappa shape index (κ3) is 7.17. The molecule has 96 valence electrons. The third-order valence-electron chi connectivity index (χ3n) is 2.88. The minimum absolute atomic E-state index is 0.809. The minimum atomic E-state index is 0.809. The molecule has 4 heteroatoms. The standard InChI is InChI=1S/C12H26N2O2/c1-15-11-6-13-5-2-3-7-14-8-4-10-16-12-9-14/h13H,2-12H2,1H3. The predicted molar refractivity (Wildman–Crippen MR) is 65.9 cm³/mol. The molecular formula is C12H26N2O2. The van der Waals surface area contributed by atoms with Crippen molar-refractivity contribution >= 4 is 0 Å². The number of methoxy groups -OCH3 is 1. The lowest BCUT2D eigenvalue weighted by atomic mass is 10.2. The molecule has 16 heavy (non-hydrogen) atoms. The molecule has 1 aliphatic rings. The van der Waals surface area contributed by atoms with Gasteiger partial charge in [-0.25, -0.2) is 0 Å². The zero-order chi connectivity index (χ0) is 11.5. The molecular weight excluding hydrogens is 204 g/mol. The summed E-state index contributed by atoms with van der Waals surface area (Å²) in [6.45, 7) is 8.26. The first-order chi connectivity index (χ1) is 7.93. The molecule has 0 amide bonds. The maximum atomic E-state index is 5.43. The van der Waals surface area contributed by atoms with Gasteiger partial charge in [-0.05, 0) is 32.4 Å². The van der Waals surface area contributed by atoms with Gasteiger partial charge in [0.25, 0.3) is 0 Å². The van der Waals surface area contributed by atoms with Gasteiger partial charge in [0.2, 0.25) is 0 Å². The van der Waals surface area contributed by atoms with E-state index in [1.165, 1.54) is 32.4 Å². The number of hydrogen-bond donors (Lipinski definition) is 1. The summed E-state index contributed by atoms with van der Waals surface area (Å²) >= 11 is 0. The number of unbranched alkanes of at least 4 members (excludes halogenated alkanes) is 1. The van der Waals surface area contributed by atoms with Crippen LogP contribution in [-0.2, 0) is 9.47 Å².